The van der Waals surface area contributed by atoms with Gasteiger partial charge in [0.05, 0.1) is 5.52 Å². The summed E-state index contributed by atoms with van der Waals surface area (Å²) in [6, 6.07) is 13.2. The number of hydrogen-bond acceptors (Lipinski definition) is 2. The highest BCUT2D eigenvalue weighted by Gasteiger charge is 2.09. The van der Waals surface area contributed by atoms with Crippen LogP contribution in [0.2, 0.25) is 0 Å². The van der Waals surface area contributed by atoms with Crippen LogP contribution >= 0.6 is 0 Å². The first-order valence-electron chi connectivity index (χ1n) is 6.71. The van der Waals surface area contributed by atoms with Crippen molar-refractivity contribution in [3.8, 4) is 0 Å². The van der Waals surface area contributed by atoms with Crippen molar-refractivity contribution in [3.05, 3.63) is 42.1 Å². The maximum Gasteiger partial charge on any atom is 0.0705 e. The van der Waals surface area contributed by atoms with E-state index in [9.17, 15) is 0 Å². The van der Waals surface area contributed by atoms with Crippen molar-refractivity contribution in [1.29, 1.82) is 0 Å². The summed E-state index contributed by atoms with van der Waals surface area (Å²) in [6.07, 6.45) is 2.24. The standard InChI is InChI=1S/C16H22N2/c1-12(10-13(2)17-3)11-15-9-8-14-6-4-5-7-16(14)18-15/h4-9,12-13,17H,10-11H2,1-3H3. The Morgan fingerprint density at radius 3 is 2.67 bits per heavy atom. The van der Waals surface area contributed by atoms with Gasteiger partial charge >= 0.3 is 0 Å². The first-order chi connectivity index (χ1) is 8.69. The molecule has 0 spiro atoms. The Labute approximate surface area is 109 Å². The van der Waals surface area contributed by atoms with E-state index in [2.05, 4.69) is 49.5 Å². The van der Waals surface area contributed by atoms with Gasteiger partial charge in [-0.2, -0.15) is 0 Å². The molecule has 2 atom stereocenters. The molecule has 2 nitrogen and oxygen atoms in total. The number of rotatable bonds is 5. The summed E-state index contributed by atoms with van der Waals surface area (Å²) >= 11 is 0. The average molecular weight is 242 g/mol. The van der Waals surface area contributed by atoms with E-state index < -0.39 is 0 Å². The zero-order valence-electron chi connectivity index (χ0n) is 11.5. The topological polar surface area (TPSA) is 24.9 Å². The van der Waals surface area contributed by atoms with Gasteiger partial charge in [-0.25, -0.2) is 0 Å². The lowest BCUT2D eigenvalue weighted by Gasteiger charge is -2.16. The van der Waals surface area contributed by atoms with Crippen LogP contribution in [0.1, 0.15) is 26.0 Å². The minimum Gasteiger partial charge on any atom is -0.317 e. The van der Waals surface area contributed by atoms with E-state index >= 15 is 0 Å². The number of pyridine rings is 1. The van der Waals surface area contributed by atoms with Crippen LogP contribution in [0.5, 0.6) is 0 Å². The maximum absolute atomic E-state index is 4.73. The van der Waals surface area contributed by atoms with Crippen LogP contribution in [0, 0.1) is 5.92 Å². The van der Waals surface area contributed by atoms with Crippen LogP contribution in [-0.2, 0) is 6.42 Å². The molecule has 0 bridgehead atoms. The smallest absolute Gasteiger partial charge is 0.0705 e. The lowest BCUT2D eigenvalue weighted by Crippen LogP contribution is -2.24. The van der Waals surface area contributed by atoms with Crippen molar-refractivity contribution < 1.29 is 0 Å². The van der Waals surface area contributed by atoms with E-state index in [0.717, 1.165) is 11.9 Å². The van der Waals surface area contributed by atoms with Crippen LogP contribution in [0.15, 0.2) is 36.4 Å². The summed E-state index contributed by atoms with van der Waals surface area (Å²) < 4.78 is 0. The molecule has 0 radical (unpaired) electrons. The van der Waals surface area contributed by atoms with Crippen molar-refractivity contribution in [2.45, 2.75) is 32.7 Å². The van der Waals surface area contributed by atoms with Crippen molar-refractivity contribution in [2.75, 3.05) is 7.05 Å². The lowest BCUT2D eigenvalue weighted by molar-refractivity contribution is 0.437. The molecular weight excluding hydrogens is 220 g/mol. The van der Waals surface area contributed by atoms with E-state index in [4.69, 9.17) is 4.98 Å². The molecule has 0 aliphatic rings. The number of nitrogens with one attached hydrogen (secondary N) is 1. The molecule has 1 heterocycles. The fraction of sp³-hybridized carbons (Fsp3) is 0.438. The van der Waals surface area contributed by atoms with Gasteiger partial charge in [-0.15, -0.1) is 0 Å². The van der Waals surface area contributed by atoms with Crippen molar-refractivity contribution in [3.63, 3.8) is 0 Å². The van der Waals surface area contributed by atoms with Gasteiger partial charge in [0.1, 0.15) is 0 Å². The van der Waals surface area contributed by atoms with Crippen LogP contribution in [0.4, 0.5) is 0 Å². The Morgan fingerprint density at radius 1 is 1.11 bits per heavy atom. The minimum atomic E-state index is 0.570. The molecule has 0 amide bonds. The Bertz CT molecular complexity index is 507. The van der Waals surface area contributed by atoms with Crippen molar-refractivity contribution >= 4 is 10.9 Å². The van der Waals surface area contributed by atoms with E-state index in [1.54, 1.807) is 0 Å². The number of nitrogens with zero attached hydrogens (tertiary/aromatic N) is 1. The van der Waals surface area contributed by atoms with E-state index in [1.165, 1.54) is 17.5 Å². The van der Waals surface area contributed by atoms with Crippen LogP contribution < -0.4 is 5.32 Å². The summed E-state index contributed by atoms with van der Waals surface area (Å²) in [5.74, 6) is 0.654. The number of fused-ring (bicyclic) bond motifs is 1. The van der Waals surface area contributed by atoms with Crippen molar-refractivity contribution in [1.82, 2.24) is 10.3 Å². The largest absolute Gasteiger partial charge is 0.317 e. The molecule has 0 aliphatic heterocycles. The quantitative estimate of drug-likeness (QED) is 0.869. The molecule has 0 saturated heterocycles. The predicted octanol–water partition coefficient (Wildman–Crippen LogP) is 3.41. The molecule has 2 heteroatoms. The lowest BCUT2D eigenvalue weighted by atomic mass is 9.97. The van der Waals surface area contributed by atoms with Gasteiger partial charge in [0, 0.05) is 17.1 Å². The highest BCUT2D eigenvalue weighted by Crippen LogP contribution is 2.16. The monoisotopic (exact) mass is 242 g/mol. The summed E-state index contributed by atoms with van der Waals surface area (Å²) in [5.41, 5.74) is 2.30. The zero-order chi connectivity index (χ0) is 13.0. The van der Waals surface area contributed by atoms with Gasteiger partial charge in [0.25, 0.3) is 0 Å². The van der Waals surface area contributed by atoms with Gasteiger partial charge in [-0.05, 0) is 44.9 Å². The predicted molar refractivity (Wildman–Crippen MR) is 77.7 cm³/mol. The fourth-order valence-corrected chi connectivity index (χ4v) is 2.38. The second kappa shape index (κ2) is 5.96. The normalized spacial score (nSPS) is 14.6. The first-order valence-corrected chi connectivity index (χ1v) is 6.71. The zero-order valence-corrected chi connectivity index (χ0v) is 11.5. The highest BCUT2D eigenvalue weighted by atomic mass is 14.8. The minimum absolute atomic E-state index is 0.570. The Balaban J connectivity index is 2.07. The summed E-state index contributed by atoms with van der Waals surface area (Å²) in [5, 5.41) is 4.51. The molecule has 2 aromatic rings. The van der Waals surface area contributed by atoms with Crippen LogP contribution in [0.3, 0.4) is 0 Å². The van der Waals surface area contributed by atoms with Gasteiger partial charge in [-0.3, -0.25) is 4.98 Å². The molecule has 18 heavy (non-hydrogen) atoms. The number of hydrogen-bond donors (Lipinski definition) is 1. The summed E-state index contributed by atoms with van der Waals surface area (Å²) in [7, 11) is 2.02. The van der Waals surface area contributed by atoms with Gasteiger partial charge in [0.15, 0.2) is 0 Å². The second-order valence-electron chi connectivity index (χ2n) is 5.23. The Morgan fingerprint density at radius 2 is 1.89 bits per heavy atom. The molecule has 2 unspecified atom stereocenters. The third-order valence-electron chi connectivity index (χ3n) is 3.46. The molecule has 0 aliphatic carbocycles. The average Bonchev–Trinajstić information content (AvgIpc) is 2.38. The number of para-hydroxylation sites is 1. The SMILES string of the molecule is CNC(C)CC(C)Cc1ccc2ccccc2n1. The van der Waals surface area contributed by atoms with Gasteiger partial charge in [0.2, 0.25) is 0 Å². The second-order valence-corrected chi connectivity index (χ2v) is 5.23. The van der Waals surface area contributed by atoms with Gasteiger partial charge < -0.3 is 5.32 Å². The fourth-order valence-electron chi connectivity index (χ4n) is 2.38. The van der Waals surface area contributed by atoms with E-state index in [0.29, 0.717) is 12.0 Å². The number of benzene rings is 1. The molecule has 0 saturated carbocycles. The van der Waals surface area contributed by atoms with E-state index in [1.807, 2.05) is 13.1 Å². The molecular formula is C16H22N2. The van der Waals surface area contributed by atoms with Gasteiger partial charge in [-0.1, -0.05) is 31.2 Å². The third-order valence-corrected chi connectivity index (χ3v) is 3.46. The van der Waals surface area contributed by atoms with Crippen molar-refractivity contribution in [2.24, 2.45) is 5.92 Å². The molecule has 2 rings (SSSR count). The summed E-state index contributed by atoms with van der Waals surface area (Å²) in [6.45, 7) is 4.52. The summed E-state index contributed by atoms with van der Waals surface area (Å²) in [4.78, 5) is 4.73. The van der Waals surface area contributed by atoms with Crippen LogP contribution in [0.25, 0.3) is 10.9 Å². The Kier molecular flexibility index (Phi) is 4.32. The maximum atomic E-state index is 4.73. The molecule has 1 N–H and O–H groups in total. The third kappa shape index (κ3) is 3.30. The van der Waals surface area contributed by atoms with E-state index in [-0.39, 0.29) is 0 Å². The molecule has 1 aromatic heterocycles. The number of aromatic nitrogens is 1. The van der Waals surface area contributed by atoms with Crippen LogP contribution in [-0.4, -0.2) is 18.1 Å². The molecule has 0 fully saturated rings. The molecule has 1 aromatic carbocycles. The first kappa shape index (κ1) is 13.0. The Hall–Kier alpha value is -1.41. The molecule has 96 valence electrons. The highest BCUT2D eigenvalue weighted by molar-refractivity contribution is 5.78.